The number of hydrogen-bond acceptors (Lipinski definition) is 4. The van der Waals surface area contributed by atoms with E-state index in [1.165, 1.54) is 0 Å². The highest BCUT2D eigenvalue weighted by Gasteiger charge is 2.09. The minimum atomic E-state index is -0.319. The van der Waals surface area contributed by atoms with Crippen LogP contribution in [0.5, 0.6) is 11.5 Å². The number of carbonyl (C=O) groups excluding carboxylic acids is 1. The van der Waals surface area contributed by atoms with Crippen molar-refractivity contribution in [3.63, 3.8) is 0 Å². The number of halogens is 4. The van der Waals surface area contributed by atoms with Gasteiger partial charge >= 0.3 is 0 Å². The lowest BCUT2D eigenvalue weighted by Crippen LogP contribution is -2.17. The van der Waals surface area contributed by atoms with Gasteiger partial charge in [-0.05, 0) is 99.3 Å². The summed E-state index contributed by atoms with van der Waals surface area (Å²) < 4.78 is 12.9. The summed E-state index contributed by atoms with van der Waals surface area (Å²) in [7, 11) is 1.57. The van der Waals surface area contributed by atoms with Gasteiger partial charge in [-0.2, -0.15) is 5.10 Å². The topological polar surface area (TPSA) is 59.9 Å². The van der Waals surface area contributed by atoms with Crippen LogP contribution in [0.2, 0.25) is 10.0 Å². The molecular formula is C22H16Cl2I2N2O3. The number of rotatable bonds is 7. The first-order valence-corrected chi connectivity index (χ1v) is 11.8. The summed E-state index contributed by atoms with van der Waals surface area (Å²) in [6.07, 6.45) is 1.57. The van der Waals surface area contributed by atoms with Crippen LogP contribution in [0.3, 0.4) is 0 Å². The minimum Gasteiger partial charge on any atom is -0.496 e. The smallest absolute Gasteiger partial charge is 0.271 e. The zero-order valence-corrected chi connectivity index (χ0v) is 22.0. The van der Waals surface area contributed by atoms with E-state index >= 15 is 0 Å². The quantitative estimate of drug-likeness (QED) is 0.175. The summed E-state index contributed by atoms with van der Waals surface area (Å²) in [5.74, 6) is 1.04. The number of nitrogens with zero attached hydrogens (tertiary/aromatic N) is 1. The Hall–Kier alpha value is -1.56. The van der Waals surface area contributed by atoms with E-state index in [-0.39, 0.29) is 5.91 Å². The fraction of sp³-hybridized carbons (Fsp3) is 0.0909. The molecule has 5 nitrogen and oxygen atoms in total. The Kier molecular flexibility index (Phi) is 8.82. The van der Waals surface area contributed by atoms with Crippen LogP contribution in [0.15, 0.2) is 59.7 Å². The number of ether oxygens (including phenoxy) is 2. The number of hydrogen-bond donors (Lipinski definition) is 1. The Balaban J connectivity index is 1.60. The molecule has 9 heteroatoms. The van der Waals surface area contributed by atoms with Gasteiger partial charge in [0.25, 0.3) is 5.91 Å². The van der Waals surface area contributed by atoms with Crippen LogP contribution in [0.4, 0.5) is 0 Å². The van der Waals surface area contributed by atoms with Crippen LogP contribution in [0.1, 0.15) is 21.5 Å². The highest BCUT2D eigenvalue weighted by atomic mass is 127. The predicted octanol–water partition coefficient (Wildman–Crippen LogP) is 6.55. The zero-order chi connectivity index (χ0) is 22.4. The first-order valence-electron chi connectivity index (χ1n) is 8.90. The monoisotopic (exact) mass is 680 g/mol. The maximum atomic E-state index is 12.3. The zero-order valence-electron chi connectivity index (χ0n) is 16.2. The Labute approximate surface area is 217 Å². The maximum Gasteiger partial charge on any atom is 0.271 e. The minimum absolute atomic E-state index is 0.319. The number of methoxy groups -OCH3 is 1. The third-order valence-electron chi connectivity index (χ3n) is 4.15. The molecule has 1 amide bonds. The van der Waals surface area contributed by atoms with Crippen molar-refractivity contribution in [2.45, 2.75) is 6.61 Å². The highest BCUT2D eigenvalue weighted by Crippen LogP contribution is 2.26. The summed E-state index contributed by atoms with van der Waals surface area (Å²) in [5.41, 5.74) is 4.66. The lowest BCUT2D eigenvalue weighted by Gasteiger charge is -2.10. The summed E-state index contributed by atoms with van der Waals surface area (Å²) in [6, 6.07) is 16.1. The molecule has 0 bridgehead atoms. The fourth-order valence-corrected chi connectivity index (χ4v) is 4.25. The normalized spacial score (nSPS) is 10.9. The summed E-state index contributed by atoms with van der Waals surface area (Å²) in [4.78, 5) is 12.3. The molecule has 0 aliphatic heterocycles. The molecule has 0 aliphatic rings. The van der Waals surface area contributed by atoms with Gasteiger partial charge in [-0.1, -0.05) is 29.3 Å². The van der Waals surface area contributed by atoms with E-state index in [0.717, 1.165) is 24.0 Å². The van der Waals surface area contributed by atoms with E-state index in [0.29, 0.717) is 28.0 Å². The SMILES string of the molecule is COc1cc(C(=O)N/N=C\c2ccc(OCc3ccc(Cl)cc3Cl)c(I)c2)ccc1I. The van der Waals surface area contributed by atoms with Gasteiger partial charge in [0, 0.05) is 21.2 Å². The van der Waals surface area contributed by atoms with Gasteiger partial charge in [0.05, 0.1) is 20.5 Å². The molecule has 160 valence electrons. The van der Waals surface area contributed by atoms with Crippen LogP contribution in [0.25, 0.3) is 0 Å². The van der Waals surface area contributed by atoms with Gasteiger partial charge in [-0.3, -0.25) is 4.79 Å². The standard InChI is InChI=1S/C22H16Cl2I2N2O3/c1-30-21-9-14(4-6-18(21)25)22(29)28-27-11-13-2-7-20(19(26)8-13)31-12-15-3-5-16(23)10-17(15)24/h2-11H,12H2,1H3,(H,28,29)/b27-11-. The second-order valence-corrected chi connectivity index (χ2v) is 9.43. The molecule has 3 aromatic carbocycles. The molecule has 0 spiro atoms. The molecule has 31 heavy (non-hydrogen) atoms. The van der Waals surface area contributed by atoms with Gasteiger partial charge in [-0.25, -0.2) is 5.43 Å². The van der Waals surface area contributed by atoms with E-state index < -0.39 is 0 Å². The Morgan fingerprint density at radius 3 is 2.55 bits per heavy atom. The lowest BCUT2D eigenvalue weighted by molar-refractivity contribution is 0.0954. The third-order valence-corrected chi connectivity index (χ3v) is 6.47. The van der Waals surface area contributed by atoms with Crippen molar-refractivity contribution >= 4 is 80.5 Å². The predicted molar refractivity (Wildman–Crippen MR) is 141 cm³/mol. The second kappa shape index (κ2) is 11.3. The fourth-order valence-electron chi connectivity index (χ4n) is 2.54. The Morgan fingerprint density at radius 1 is 1.03 bits per heavy atom. The van der Waals surface area contributed by atoms with E-state index in [2.05, 4.69) is 55.7 Å². The number of amides is 1. The average molecular weight is 681 g/mol. The van der Waals surface area contributed by atoms with Gasteiger partial charge in [0.2, 0.25) is 0 Å². The molecule has 0 atom stereocenters. The van der Waals surface area contributed by atoms with Gasteiger partial charge in [0.1, 0.15) is 18.1 Å². The number of benzene rings is 3. The van der Waals surface area contributed by atoms with Crippen molar-refractivity contribution in [3.8, 4) is 11.5 Å². The van der Waals surface area contributed by atoms with Crippen molar-refractivity contribution in [3.05, 3.63) is 88.5 Å². The summed E-state index contributed by atoms with van der Waals surface area (Å²) in [5, 5.41) is 5.18. The highest BCUT2D eigenvalue weighted by molar-refractivity contribution is 14.1. The molecule has 0 saturated carbocycles. The number of hydrazone groups is 1. The second-order valence-electron chi connectivity index (χ2n) is 6.26. The van der Waals surface area contributed by atoms with Crippen molar-refractivity contribution in [2.24, 2.45) is 5.10 Å². The molecular weight excluding hydrogens is 665 g/mol. The number of carbonyl (C=O) groups is 1. The molecule has 0 radical (unpaired) electrons. The van der Waals surface area contributed by atoms with E-state index in [1.54, 1.807) is 37.6 Å². The molecule has 0 heterocycles. The molecule has 0 saturated heterocycles. The van der Waals surface area contributed by atoms with E-state index in [1.807, 2.05) is 30.3 Å². The lowest BCUT2D eigenvalue weighted by atomic mass is 10.2. The molecule has 0 unspecified atom stereocenters. The van der Waals surface area contributed by atoms with Crippen LogP contribution in [0, 0.1) is 7.14 Å². The molecule has 3 rings (SSSR count). The molecule has 3 aromatic rings. The number of nitrogens with one attached hydrogen (secondary N) is 1. The summed E-state index contributed by atoms with van der Waals surface area (Å²) in [6.45, 7) is 0.328. The molecule has 1 N–H and O–H groups in total. The van der Waals surface area contributed by atoms with Gasteiger partial charge < -0.3 is 9.47 Å². The van der Waals surface area contributed by atoms with Crippen molar-refractivity contribution in [1.29, 1.82) is 0 Å². The first-order chi connectivity index (χ1) is 14.9. The van der Waals surface area contributed by atoms with Crippen molar-refractivity contribution in [2.75, 3.05) is 7.11 Å². The van der Waals surface area contributed by atoms with Crippen LogP contribution >= 0.6 is 68.4 Å². The average Bonchev–Trinajstić information content (AvgIpc) is 2.74. The molecule has 0 fully saturated rings. The van der Waals surface area contributed by atoms with E-state index in [4.69, 9.17) is 32.7 Å². The maximum absolute atomic E-state index is 12.3. The summed E-state index contributed by atoms with van der Waals surface area (Å²) >= 11 is 16.4. The van der Waals surface area contributed by atoms with Crippen molar-refractivity contribution < 1.29 is 14.3 Å². The Morgan fingerprint density at radius 2 is 1.84 bits per heavy atom. The van der Waals surface area contributed by atoms with Gasteiger partial charge in [0.15, 0.2) is 0 Å². The molecule has 0 aliphatic carbocycles. The van der Waals surface area contributed by atoms with E-state index in [9.17, 15) is 4.79 Å². The largest absolute Gasteiger partial charge is 0.496 e. The Bertz CT molecular complexity index is 1140. The molecule has 0 aromatic heterocycles. The van der Waals surface area contributed by atoms with Crippen LogP contribution < -0.4 is 14.9 Å². The third kappa shape index (κ3) is 6.71. The van der Waals surface area contributed by atoms with Crippen molar-refractivity contribution in [1.82, 2.24) is 5.43 Å². The van der Waals surface area contributed by atoms with Crippen LogP contribution in [-0.4, -0.2) is 19.2 Å². The van der Waals surface area contributed by atoms with Crippen LogP contribution in [-0.2, 0) is 6.61 Å². The first kappa shape index (κ1) is 24.1. The van der Waals surface area contributed by atoms with Gasteiger partial charge in [-0.15, -0.1) is 0 Å².